The van der Waals surface area contributed by atoms with Gasteiger partial charge in [0, 0.05) is 20.1 Å². The van der Waals surface area contributed by atoms with E-state index < -0.39 is 11.7 Å². The molecule has 0 N–H and O–H groups in total. The van der Waals surface area contributed by atoms with Crippen LogP contribution in [0.25, 0.3) is 0 Å². The van der Waals surface area contributed by atoms with E-state index >= 15 is 0 Å². The number of hydrogen-bond acceptors (Lipinski definition) is 2. The van der Waals surface area contributed by atoms with Gasteiger partial charge < -0.3 is 9.64 Å². The van der Waals surface area contributed by atoms with Gasteiger partial charge in [0.2, 0.25) is 0 Å². The highest BCUT2D eigenvalue weighted by Gasteiger charge is 2.30. The molecule has 1 saturated heterocycles. The van der Waals surface area contributed by atoms with Crippen molar-refractivity contribution in [2.45, 2.75) is 25.1 Å². The number of piperidine rings is 1. The Morgan fingerprint density at radius 1 is 1.11 bits per heavy atom. The number of halogens is 3. The molecule has 0 aliphatic carbocycles. The van der Waals surface area contributed by atoms with Crippen molar-refractivity contribution in [2.24, 2.45) is 0 Å². The van der Waals surface area contributed by atoms with Crippen molar-refractivity contribution in [3.8, 4) is 5.75 Å². The average molecular weight is 258 g/mol. The third-order valence-electron chi connectivity index (χ3n) is 3.02. The lowest BCUT2D eigenvalue weighted by Crippen LogP contribution is -2.34. The number of ether oxygens (including phenoxy) is 1. The number of likely N-dealkylation sites (tertiary alicyclic amines) is 1. The molecule has 1 aromatic carbocycles. The fourth-order valence-electron chi connectivity index (χ4n) is 1.94. The zero-order chi connectivity index (χ0) is 13.2. The normalized spacial score (nSPS) is 18.9. The maximum Gasteiger partial charge on any atom is 0.416 e. The van der Waals surface area contributed by atoms with E-state index in [0.29, 0.717) is 5.75 Å². The first-order valence-corrected chi connectivity index (χ1v) is 5.84. The summed E-state index contributed by atoms with van der Waals surface area (Å²) >= 11 is 0. The Balaban J connectivity index is 1.94. The van der Waals surface area contributed by atoms with Crippen molar-refractivity contribution < 1.29 is 17.9 Å². The Kier molecular flexibility index (Phi) is 3.80. The molecule has 0 aromatic heterocycles. The fraction of sp³-hybridized carbons (Fsp3) is 0.462. The summed E-state index contributed by atoms with van der Waals surface area (Å²) in [6, 6.07) is 4.84. The summed E-state index contributed by atoms with van der Waals surface area (Å²) in [5.74, 6) is 0.491. The van der Waals surface area contributed by atoms with Crippen LogP contribution in [-0.2, 0) is 6.18 Å². The topological polar surface area (TPSA) is 12.5 Å². The van der Waals surface area contributed by atoms with Crippen molar-refractivity contribution in [3.63, 3.8) is 0 Å². The SMILES string of the molecule is [CH2]N1CCC(Oc2ccc(C(F)(F)F)cc2)CC1. The van der Waals surface area contributed by atoms with Crippen LogP contribution in [0.15, 0.2) is 24.3 Å². The molecule has 18 heavy (non-hydrogen) atoms. The molecule has 0 saturated carbocycles. The lowest BCUT2D eigenvalue weighted by Gasteiger charge is -2.29. The molecule has 1 fully saturated rings. The molecule has 1 radical (unpaired) electrons. The molecule has 1 aliphatic rings. The molecule has 0 bridgehead atoms. The molecular weight excluding hydrogens is 243 g/mol. The van der Waals surface area contributed by atoms with Crippen LogP contribution in [0.1, 0.15) is 18.4 Å². The third-order valence-corrected chi connectivity index (χ3v) is 3.02. The standard InChI is InChI=1S/C13H15F3NO/c1-17-8-6-12(7-9-17)18-11-4-2-10(3-5-11)13(14,15)16/h2-5,12H,1,6-9H2. The van der Waals surface area contributed by atoms with Crippen LogP contribution in [0, 0.1) is 7.05 Å². The van der Waals surface area contributed by atoms with E-state index in [0.717, 1.165) is 38.1 Å². The number of alkyl halides is 3. The molecule has 0 amide bonds. The number of nitrogens with zero attached hydrogens (tertiary/aromatic N) is 1. The summed E-state index contributed by atoms with van der Waals surface area (Å²) in [7, 11) is 3.83. The minimum absolute atomic E-state index is 0.0692. The van der Waals surface area contributed by atoms with Crippen molar-refractivity contribution in [2.75, 3.05) is 13.1 Å². The van der Waals surface area contributed by atoms with Gasteiger partial charge in [-0.25, -0.2) is 0 Å². The lowest BCUT2D eigenvalue weighted by atomic mass is 10.1. The third kappa shape index (κ3) is 3.38. The maximum absolute atomic E-state index is 12.4. The predicted octanol–water partition coefficient (Wildman–Crippen LogP) is 3.34. The maximum atomic E-state index is 12.4. The molecule has 2 rings (SSSR count). The highest BCUT2D eigenvalue weighted by atomic mass is 19.4. The molecule has 1 heterocycles. The minimum atomic E-state index is -4.29. The molecule has 0 atom stereocenters. The van der Waals surface area contributed by atoms with Gasteiger partial charge in [0.1, 0.15) is 11.9 Å². The van der Waals surface area contributed by atoms with Gasteiger partial charge in [0.05, 0.1) is 5.56 Å². The van der Waals surface area contributed by atoms with Gasteiger partial charge in [-0.15, -0.1) is 0 Å². The van der Waals surface area contributed by atoms with E-state index in [1.807, 2.05) is 4.90 Å². The van der Waals surface area contributed by atoms with Crippen LogP contribution in [0.5, 0.6) is 5.75 Å². The van der Waals surface area contributed by atoms with Gasteiger partial charge in [0.25, 0.3) is 0 Å². The summed E-state index contributed by atoms with van der Waals surface area (Å²) in [6.07, 6.45) is -2.52. The summed E-state index contributed by atoms with van der Waals surface area (Å²) in [6.45, 7) is 1.70. The number of hydrogen-bond donors (Lipinski definition) is 0. The van der Waals surface area contributed by atoms with Crippen molar-refractivity contribution in [1.82, 2.24) is 4.90 Å². The summed E-state index contributed by atoms with van der Waals surface area (Å²) in [5.41, 5.74) is -0.651. The van der Waals surface area contributed by atoms with E-state index in [9.17, 15) is 13.2 Å². The monoisotopic (exact) mass is 258 g/mol. The van der Waals surface area contributed by atoms with Crippen LogP contribution in [0.3, 0.4) is 0 Å². The Hall–Kier alpha value is -1.23. The van der Waals surface area contributed by atoms with Crippen LogP contribution >= 0.6 is 0 Å². The van der Waals surface area contributed by atoms with Gasteiger partial charge in [-0.05, 0) is 37.1 Å². The molecule has 0 spiro atoms. The van der Waals surface area contributed by atoms with Crippen molar-refractivity contribution in [3.05, 3.63) is 36.9 Å². The van der Waals surface area contributed by atoms with E-state index in [-0.39, 0.29) is 6.10 Å². The first kappa shape index (κ1) is 13.2. The molecule has 5 heteroatoms. The van der Waals surface area contributed by atoms with E-state index in [4.69, 9.17) is 4.74 Å². The summed E-state index contributed by atoms with van der Waals surface area (Å²) in [4.78, 5) is 1.96. The summed E-state index contributed by atoms with van der Waals surface area (Å²) < 4.78 is 42.8. The smallest absolute Gasteiger partial charge is 0.416 e. The Morgan fingerprint density at radius 2 is 1.67 bits per heavy atom. The van der Waals surface area contributed by atoms with Crippen molar-refractivity contribution in [1.29, 1.82) is 0 Å². The highest BCUT2D eigenvalue weighted by molar-refractivity contribution is 5.29. The Labute approximate surface area is 104 Å². The van der Waals surface area contributed by atoms with Gasteiger partial charge >= 0.3 is 6.18 Å². The fourth-order valence-corrected chi connectivity index (χ4v) is 1.94. The Bertz CT molecular complexity index is 380. The molecule has 99 valence electrons. The van der Waals surface area contributed by atoms with Crippen LogP contribution in [0.2, 0.25) is 0 Å². The van der Waals surface area contributed by atoms with Crippen molar-refractivity contribution >= 4 is 0 Å². The number of rotatable bonds is 2. The molecule has 2 nitrogen and oxygen atoms in total. The van der Waals surface area contributed by atoms with E-state index in [1.54, 1.807) is 0 Å². The molecule has 1 aliphatic heterocycles. The molecular formula is C13H15F3NO. The first-order chi connectivity index (χ1) is 8.45. The average Bonchev–Trinajstić information content (AvgIpc) is 2.32. The second kappa shape index (κ2) is 5.18. The predicted molar refractivity (Wildman–Crippen MR) is 62.0 cm³/mol. The van der Waals surface area contributed by atoms with Gasteiger partial charge in [-0.2, -0.15) is 13.2 Å². The van der Waals surface area contributed by atoms with E-state index in [2.05, 4.69) is 7.05 Å². The van der Waals surface area contributed by atoms with E-state index in [1.165, 1.54) is 12.1 Å². The zero-order valence-electron chi connectivity index (χ0n) is 9.91. The van der Waals surface area contributed by atoms with Crippen LogP contribution in [0.4, 0.5) is 13.2 Å². The molecule has 0 unspecified atom stereocenters. The van der Waals surface area contributed by atoms with Crippen LogP contribution in [-0.4, -0.2) is 24.1 Å². The van der Waals surface area contributed by atoms with Gasteiger partial charge in [0.15, 0.2) is 0 Å². The lowest BCUT2D eigenvalue weighted by molar-refractivity contribution is -0.137. The number of benzene rings is 1. The quantitative estimate of drug-likeness (QED) is 0.806. The van der Waals surface area contributed by atoms with Gasteiger partial charge in [-0.3, -0.25) is 0 Å². The highest BCUT2D eigenvalue weighted by Crippen LogP contribution is 2.30. The zero-order valence-corrected chi connectivity index (χ0v) is 9.91. The van der Waals surface area contributed by atoms with Crippen LogP contribution < -0.4 is 4.74 Å². The largest absolute Gasteiger partial charge is 0.490 e. The summed E-state index contributed by atoms with van der Waals surface area (Å²) in [5, 5.41) is 0. The Morgan fingerprint density at radius 3 is 2.17 bits per heavy atom. The first-order valence-electron chi connectivity index (χ1n) is 5.84. The second-order valence-electron chi connectivity index (χ2n) is 4.46. The van der Waals surface area contributed by atoms with Gasteiger partial charge in [-0.1, -0.05) is 0 Å². The minimum Gasteiger partial charge on any atom is -0.490 e. The second-order valence-corrected chi connectivity index (χ2v) is 4.46. The molecule has 1 aromatic rings.